The molecule has 0 radical (unpaired) electrons. The number of nitrogens with one attached hydrogen (secondary N) is 1. The van der Waals surface area contributed by atoms with Crippen LogP contribution in [-0.4, -0.2) is 26.1 Å². The molecule has 0 saturated carbocycles. The number of benzene rings is 2. The van der Waals surface area contributed by atoms with Gasteiger partial charge in [0.05, 0.1) is 11.0 Å². The van der Waals surface area contributed by atoms with E-state index >= 15 is 0 Å². The van der Waals surface area contributed by atoms with Crippen molar-refractivity contribution in [2.24, 2.45) is 7.05 Å². The molecule has 2 aromatic carbocycles. The highest BCUT2D eigenvalue weighted by Gasteiger charge is 2.10. The van der Waals surface area contributed by atoms with Crippen LogP contribution < -0.4 is 5.32 Å². The maximum Gasteiger partial charge on any atom is 0.0966 e. The lowest BCUT2D eigenvalue weighted by molar-refractivity contribution is 0.969. The quantitative estimate of drug-likeness (QED) is 0.475. The van der Waals surface area contributed by atoms with Crippen LogP contribution in [0.3, 0.4) is 0 Å². The summed E-state index contributed by atoms with van der Waals surface area (Å²) < 4.78 is 2.14. The van der Waals surface area contributed by atoms with Crippen LogP contribution in [0.4, 0.5) is 5.69 Å². The third-order valence-electron chi connectivity index (χ3n) is 5.24. The van der Waals surface area contributed by atoms with Crippen molar-refractivity contribution in [2.75, 3.05) is 11.9 Å². The molecule has 3 heterocycles. The number of rotatable bonds is 5. The summed E-state index contributed by atoms with van der Waals surface area (Å²) in [6, 6.07) is 17.0. The summed E-state index contributed by atoms with van der Waals surface area (Å²) in [6.45, 7) is 0.827. The molecule has 0 atom stereocenters. The van der Waals surface area contributed by atoms with Gasteiger partial charge in [-0.15, -0.1) is 0 Å². The maximum absolute atomic E-state index is 4.61. The molecule has 5 aromatic rings. The van der Waals surface area contributed by atoms with E-state index in [0.29, 0.717) is 0 Å². The maximum atomic E-state index is 4.61. The summed E-state index contributed by atoms with van der Waals surface area (Å²) in [5, 5.41) is 4.77. The second-order valence-electron chi connectivity index (χ2n) is 7.19. The van der Waals surface area contributed by atoms with Gasteiger partial charge in [0.15, 0.2) is 0 Å². The van der Waals surface area contributed by atoms with E-state index in [-0.39, 0.29) is 0 Å². The minimum Gasteiger partial charge on any atom is -0.385 e. The summed E-state index contributed by atoms with van der Waals surface area (Å²) in [6.07, 6.45) is 10.2. The lowest BCUT2D eigenvalue weighted by Crippen LogP contribution is -2.05. The van der Waals surface area contributed by atoms with Crippen LogP contribution in [-0.2, 0) is 13.5 Å². The Hall–Kier alpha value is -3.73. The summed E-state index contributed by atoms with van der Waals surface area (Å²) >= 11 is 0. The standard InChI is InChI=1S/C24H21N5/c1-29-12-7-18-4-5-19(13-23(18)29)21-14-20(15-22-24(21)28-11-10-27-22)26-9-6-17-3-2-8-25-16-17/h2-5,7-8,10-16,26H,6,9H2,1H3. The topological polar surface area (TPSA) is 55.6 Å². The Morgan fingerprint density at radius 2 is 1.90 bits per heavy atom. The Morgan fingerprint density at radius 3 is 2.79 bits per heavy atom. The number of fused-ring (bicyclic) bond motifs is 2. The van der Waals surface area contributed by atoms with Crippen molar-refractivity contribution in [3.63, 3.8) is 0 Å². The van der Waals surface area contributed by atoms with Crippen LogP contribution >= 0.6 is 0 Å². The molecule has 0 aliphatic heterocycles. The van der Waals surface area contributed by atoms with E-state index in [1.165, 1.54) is 16.5 Å². The Balaban J connectivity index is 1.52. The molecule has 1 N–H and O–H groups in total. The highest BCUT2D eigenvalue weighted by Crippen LogP contribution is 2.32. The Kier molecular flexibility index (Phi) is 4.41. The van der Waals surface area contributed by atoms with Crippen LogP contribution in [0.15, 0.2) is 79.5 Å². The predicted octanol–water partition coefficient (Wildman–Crippen LogP) is 4.84. The zero-order valence-corrected chi connectivity index (χ0v) is 16.2. The molecular weight excluding hydrogens is 358 g/mol. The Bertz CT molecular complexity index is 1290. The van der Waals surface area contributed by atoms with Gasteiger partial charge >= 0.3 is 0 Å². The largest absolute Gasteiger partial charge is 0.385 e. The molecule has 0 aliphatic rings. The first kappa shape index (κ1) is 17.4. The molecule has 142 valence electrons. The first-order valence-electron chi connectivity index (χ1n) is 9.71. The van der Waals surface area contributed by atoms with Gasteiger partial charge in [-0.1, -0.05) is 18.2 Å². The van der Waals surface area contributed by atoms with Crippen molar-refractivity contribution >= 4 is 27.6 Å². The number of pyridine rings is 1. The second-order valence-corrected chi connectivity index (χ2v) is 7.19. The molecular formula is C24H21N5. The van der Waals surface area contributed by atoms with E-state index in [4.69, 9.17) is 0 Å². The fourth-order valence-electron chi connectivity index (χ4n) is 3.72. The van der Waals surface area contributed by atoms with Gasteiger partial charge in [-0.05, 0) is 53.3 Å². The van der Waals surface area contributed by atoms with E-state index in [1.54, 1.807) is 18.6 Å². The minimum atomic E-state index is 0.827. The number of aryl methyl sites for hydroxylation is 1. The molecule has 5 rings (SSSR count). The summed E-state index contributed by atoms with van der Waals surface area (Å²) in [4.78, 5) is 13.3. The zero-order valence-electron chi connectivity index (χ0n) is 16.2. The summed E-state index contributed by atoms with van der Waals surface area (Å²) in [5.41, 5.74) is 7.50. The van der Waals surface area contributed by atoms with Crippen molar-refractivity contribution in [1.82, 2.24) is 19.5 Å². The minimum absolute atomic E-state index is 0.827. The second kappa shape index (κ2) is 7.36. The number of aromatic nitrogens is 4. The van der Waals surface area contributed by atoms with Crippen LogP contribution in [0.2, 0.25) is 0 Å². The molecule has 0 bridgehead atoms. The van der Waals surface area contributed by atoms with Gasteiger partial charge in [-0.3, -0.25) is 15.0 Å². The van der Waals surface area contributed by atoms with Crippen LogP contribution in [0.5, 0.6) is 0 Å². The fraction of sp³-hybridized carbons (Fsp3) is 0.125. The molecule has 0 aliphatic carbocycles. The lowest BCUT2D eigenvalue weighted by Gasteiger charge is -2.12. The molecule has 0 unspecified atom stereocenters. The molecule has 0 fully saturated rings. The molecule has 0 amide bonds. The highest BCUT2D eigenvalue weighted by molar-refractivity contribution is 5.97. The van der Waals surface area contributed by atoms with Crippen molar-refractivity contribution < 1.29 is 0 Å². The highest BCUT2D eigenvalue weighted by atomic mass is 14.9. The average Bonchev–Trinajstić information content (AvgIpc) is 3.14. The zero-order chi connectivity index (χ0) is 19.6. The van der Waals surface area contributed by atoms with E-state index in [1.807, 2.05) is 12.3 Å². The molecule has 5 nitrogen and oxygen atoms in total. The smallest absolute Gasteiger partial charge is 0.0966 e. The third kappa shape index (κ3) is 3.43. The number of hydrogen-bond acceptors (Lipinski definition) is 4. The Morgan fingerprint density at radius 1 is 0.966 bits per heavy atom. The Labute approximate surface area is 169 Å². The monoisotopic (exact) mass is 379 g/mol. The molecule has 5 heteroatoms. The molecule has 29 heavy (non-hydrogen) atoms. The van der Waals surface area contributed by atoms with Gasteiger partial charge in [0.1, 0.15) is 0 Å². The van der Waals surface area contributed by atoms with Crippen molar-refractivity contribution in [1.29, 1.82) is 0 Å². The summed E-state index contributed by atoms with van der Waals surface area (Å²) in [5.74, 6) is 0. The van der Waals surface area contributed by atoms with Crippen LogP contribution in [0.1, 0.15) is 5.56 Å². The SMILES string of the molecule is Cn1ccc2ccc(-c3cc(NCCc4cccnc4)cc4nccnc34)cc21. The predicted molar refractivity (Wildman–Crippen MR) is 118 cm³/mol. The molecule has 0 spiro atoms. The third-order valence-corrected chi connectivity index (χ3v) is 5.24. The van der Waals surface area contributed by atoms with Gasteiger partial charge in [-0.25, -0.2) is 0 Å². The summed E-state index contributed by atoms with van der Waals surface area (Å²) in [7, 11) is 2.07. The fourth-order valence-corrected chi connectivity index (χ4v) is 3.72. The first-order valence-corrected chi connectivity index (χ1v) is 9.71. The number of hydrogen-bond donors (Lipinski definition) is 1. The van der Waals surface area contributed by atoms with Crippen molar-refractivity contribution in [3.05, 3.63) is 85.1 Å². The van der Waals surface area contributed by atoms with E-state index < -0.39 is 0 Å². The van der Waals surface area contributed by atoms with Gasteiger partial charge in [0.2, 0.25) is 0 Å². The van der Waals surface area contributed by atoms with Crippen molar-refractivity contribution in [3.8, 4) is 11.1 Å². The van der Waals surface area contributed by atoms with Crippen LogP contribution in [0.25, 0.3) is 33.1 Å². The van der Waals surface area contributed by atoms with Crippen LogP contribution in [0, 0.1) is 0 Å². The number of nitrogens with zero attached hydrogens (tertiary/aromatic N) is 4. The van der Waals surface area contributed by atoms with Crippen molar-refractivity contribution in [2.45, 2.75) is 6.42 Å². The first-order chi connectivity index (χ1) is 14.3. The molecule has 3 aromatic heterocycles. The lowest BCUT2D eigenvalue weighted by atomic mass is 10.0. The van der Waals surface area contributed by atoms with E-state index in [0.717, 1.165) is 40.8 Å². The van der Waals surface area contributed by atoms with E-state index in [2.05, 4.69) is 80.5 Å². The van der Waals surface area contributed by atoms with Gasteiger partial charge in [0, 0.05) is 61.3 Å². The normalized spacial score (nSPS) is 11.2. The van der Waals surface area contributed by atoms with Gasteiger partial charge < -0.3 is 9.88 Å². The number of anilines is 1. The van der Waals surface area contributed by atoms with Gasteiger partial charge in [-0.2, -0.15) is 0 Å². The average molecular weight is 379 g/mol. The van der Waals surface area contributed by atoms with Gasteiger partial charge in [0.25, 0.3) is 0 Å². The molecule has 0 saturated heterocycles. The van der Waals surface area contributed by atoms with E-state index in [9.17, 15) is 0 Å².